The highest BCUT2D eigenvalue weighted by molar-refractivity contribution is 7.12. The van der Waals surface area contributed by atoms with Crippen LogP contribution in [0.2, 0.25) is 0 Å². The quantitative estimate of drug-likeness (QED) is 0.506. The van der Waals surface area contributed by atoms with Gasteiger partial charge in [-0.25, -0.2) is 5.43 Å². The topological polar surface area (TPSA) is 59.9 Å². The van der Waals surface area contributed by atoms with Crippen LogP contribution in [0, 0.1) is 6.92 Å². The van der Waals surface area contributed by atoms with Gasteiger partial charge in [-0.1, -0.05) is 29.8 Å². The number of methoxy groups -OCH3 is 2. The molecule has 0 spiro atoms. The Morgan fingerprint density at radius 2 is 1.85 bits per heavy atom. The molecular formula is C21H20N2O3S. The third kappa shape index (κ3) is 4.35. The first-order valence-corrected chi connectivity index (χ1v) is 9.20. The fraction of sp³-hybridized carbons (Fsp3) is 0.143. The summed E-state index contributed by atoms with van der Waals surface area (Å²) in [6.45, 7) is 2.03. The van der Waals surface area contributed by atoms with Gasteiger partial charge in [-0.2, -0.15) is 5.10 Å². The van der Waals surface area contributed by atoms with Crippen LogP contribution in [0.5, 0.6) is 11.5 Å². The number of aryl methyl sites for hydroxylation is 1. The van der Waals surface area contributed by atoms with E-state index < -0.39 is 0 Å². The number of nitrogens with zero attached hydrogens (tertiary/aromatic N) is 1. The second-order valence-electron chi connectivity index (χ2n) is 5.84. The predicted molar refractivity (Wildman–Crippen MR) is 109 cm³/mol. The summed E-state index contributed by atoms with van der Waals surface area (Å²) in [6, 6.07) is 15.4. The molecule has 3 rings (SSSR count). The smallest absolute Gasteiger partial charge is 0.282 e. The van der Waals surface area contributed by atoms with Gasteiger partial charge in [0.1, 0.15) is 16.4 Å². The molecule has 1 aromatic heterocycles. The summed E-state index contributed by atoms with van der Waals surface area (Å²) in [7, 11) is 3.17. The van der Waals surface area contributed by atoms with Crippen molar-refractivity contribution >= 4 is 23.5 Å². The number of ether oxygens (including phenoxy) is 2. The Morgan fingerprint density at radius 3 is 2.56 bits per heavy atom. The van der Waals surface area contributed by atoms with Gasteiger partial charge in [0.25, 0.3) is 5.91 Å². The number of benzene rings is 2. The number of hydrogen-bond donors (Lipinski definition) is 1. The molecule has 6 heteroatoms. The van der Waals surface area contributed by atoms with Crippen molar-refractivity contribution in [1.82, 2.24) is 5.43 Å². The first-order valence-electron chi connectivity index (χ1n) is 8.32. The van der Waals surface area contributed by atoms with E-state index in [0.717, 1.165) is 16.7 Å². The van der Waals surface area contributed by atoms with Crippen molar-refractivity contribution in [1.29, 1.82) is 0 Å². The van der Waals surface area contributed by atoms with Gasteiger partial charge in [0.2, 0.25) is 0 Å². The van der Waals surface area contributed by atoms with Gasteiger partial charge in [0, 0.05) is 17.2 Å². The molecule has 0 bridgehead atoms. The van der Waals surface area contributed by atoms with E-state index in [1.807, 2.05) is 48.7 Å². The molecule has 0 fully saturated rings. The standard InChI is InChI=1S/C21H20N2O3S/c1-14-4-6-15(7-5-14)18-10-11-27-20(18)21(24)23-22-13-16-8-9-17(25-2)12-19(16)26-3/h4-13H,1-3H3,(H,23,24)/b22-13-. The zero-order valence-electron chi connectivity index (χ0n) is 15.4. The number of thiophene rings is 1. The van der Waals surface area contributed by atoms with Crippen LogP contribution >= 0.6 is 11.3 Å². The zero-order chi connectivity index (χ0) is 19.2. The molecule has 1 amide bonds. The van der Waals surface area contributed by atoms with Crippen molar-refractivity contribution in [3.05, 3.63) is 69.9 Å². The second kappa shape index (κ2) is 8.51. The summed E-state index contributed by atoms with van der Waals surface area (Å²) < 4.78 is 10.5. The van der Waals surface area contributed by atoms with E-state index in [0.29, 0.717) is 16.4 Å². The summed E-state index contributed by atoms with van der Waals surface area (Å²) in [5, 5.41) is 5.97. The Labute approximate surface area is 162 Å². The van der Waals surface area contributed by atoms with Crippen LogP contribution in [0.15, 0.2) is 59.0 Å². The van der Waals surface area contributed by atoms with Gasteiger partial charge >= 0.3 is 0 Å². The van der Waals surface area contributed by atoms with Crippen LogP contribution < -0.4 is 14.9 Å². The van der Waals surface area contributed by atoms with E-state index in [4.69, 9.17) is 9.47 Å². The largest absolute Gasteiger partial charge is 0.497 e. The lowest BCUT2D eigenvalue weighted by molar-refractivity contribution is 0.0959. The molecule has 0 radical (unpaired) electrons. The minimum atomic E-state index is -0.246. The average Bonchev–Trinajstić information content (AvgIpc) is 3.18. The molecule has 0 aliphatic rings. The van der Waals surface area contributed by atoms with Crippen LogP contribution in [-0.4, -0.2) is 26.3 Å². The lowest BCUT2D eigenvalue weighted by atomic mass is 10.1. The van der Waals surface area contributed by atoms with E-state index >= 15 is 0 Å². The minimum Gasteiger partial charge on any atom is -0.497 e. The van der Waals surface area contributed by atoms with E-state index in [2.05, 4.69) is 10.5 Å². The Kier molecular flexibility index (Phi) is 5.88. The van der Waals surface area contributed by atoms with Crippen molar-refractivity contribution in [2.45, 2.75) is 6.92 Å². The molecule has 27 heavy (non-hydrogen) atoms. The number of carbonyl (C=O) groups excluding carboxylic acids is 1. The summed E-state index contributed by atoms with van der Waals surface area (Å²) >= 11 is 1.39. The molecule has 138 valence electrons. The molecule has 0 aliphatic heterocycles. The fourth-order valence-corrected chi connectivity index (χ4v) is 3.39. The van der Waals surface area contributed by atoms with E-state index in [9.17, 15) is 4.79 Å². The van der Waals surface area contributed by atoms with Gasteiger partial charge in [0.05, 0.1) is 20.4 Å². The van der Waals surface area contributed by atoms with Crippen molar-refractivity contribution < 1.29 is 14.3 Å². The van der Waals surface area contributed by atoms with E-state index in [-0.39, 0.29) is 5.91 Å². The average molecular weight is 380 g/mol. The predicted octanol–water partition coefficient (Wildman–Crippen LogP) is 4.50. The van der Waals surface area contributed by atoms with Gasteiger partial charge in [-0.15, -0.1) is 11.3 Å². The Balaban J connectivity index is 1.75. The molecule has 0 aliphatic carbocycles. The molecule has 3 aromatic rings. The summed E-state index contributed by atoms with van der Waals surface area (Å²) in [4.78, 5) is 13.2. The molecule has 0 atom stereocenters. The Bertz CT molecular complexity index is 962. The molecule has 1 heterocycles. The Hall–Kier alpha value is -3.12. The van der Waals surface area contributed by atoms with Gasteiger partial charge in [0.15, 0.2) is 0 Å². The highest BCUT2D eigenvalue weighted by Gasteiger charge is 2.14. The maximum Gasteiger partial charge on any atom is 0.282 e. The minimum absolute atomic E-state index is 0.246. The number of carbonyl (C=O) groups is 1. The SMILES string of the molecule is COc1ccc(/C=N\NC(=O)c2sccc2-c2ccc(C)cc2)c(OC)c1. The second-order valence-corrected chi connectivity index (χ2v) is 6.75. The highest BCUT2D eigenvalue weighted by Crippen LogP contribution is 2.28. The number of rotatable bonds is 6. The van der Waals surface area contributed by atoms with Crippen LogP contribution in [-0.2, 0) is 0 Å². The maximum atomic E-state index is 12.5. The third-order valence-electron chi connectivity index (χ3n) is 4.04. The highest BCUT2D eigenvalue weighted by atomic mass is 32.1. The van der Waals surface area contributed by atoms with E-state index in [1.165, 1.54) is 16.9 Å². The number of hydrazone groups is 1. The number of amides is 1. The summed E-state index contributed by atoms with van der Waals surface area (Å²) in [5.74, 6) is 1.06. The molecule has 5 nitrogen and oxygen atoms in total. The third-order valence-corrected chi connectivity index (χ3v) is 4.96. The van der Waals surface area contributed by atoms with Crippen LogP contribution in [0.3, 0.4) is 0 Å². The van der Waals surface area contributed by atoms with Crippen LogP contribution in [0.1, 0.15) is 20.8 Å². The molecule has 0 saturated carbocycles. The first-order chi connectivity index (χ1) is 13.1. The van der Waals surface area contributed by atoms with Gasteiger partial charge in [-0.3, -0.25) is 4.79 Å². The normalized spacial score (nSPS) is 10.8. The van der Waals surface area contributed by atoms with E-state index in [1.54, 1.807) is 32.6 Å². The molecule has 0 unspecified atom stereocenters. The van der Waals surface area contributed by atoms with Gasteiger partial charge in [-0.05, 0) is 36.1 Å². The fourth-order valence-electron chi connectivity index (χ4n) is 2.58. The van der Waals surface area contributed by atoms with Crippen molar-refractivity contribution in [3.8, 4) is 22.6 Å². The van der Waals surface area contributed by atoms with Crippen LogP contribution in [0.4, 0.5) is 0 Å². The lowest BCUT2D eigenvalue weighted by Gasteiger charge is -2.07. The van der Waals surface area contributed by atoms with Crippen LogP contribution in [0.25, 0.3) is 11.1 Å². The monoisotopic (exact) mass is 380 g/mol. The van der Waals surface area contributed by atoms with Crippen molar-refractivity contribution in [2.75, 3.05) is 14.2 Å². The summed E-state index contributed by atoms with van der Waals surface area (Å²) in [6.07, 6.45) is 1.55. The number of hydrogen-bond acceptors (Lipinski definition) is 5. The molecule has 1 N–H and O–H groups in total. The molecular weight excluding hydrogens is 360 g/mol. The van der Waals surface area contributed by atoms with Gasteiger partial charge < -0.3 is 9.47 Å². The number of nitrogens with one attached hydrogen (secondary N) is 1. The maximum absolute atomic E-state index is 12.5. The molecule has 2 aromatic carbocycles. The first kappa shape index (κ1) is 18.7. The Morgan fingerprint density at radius 1 is 1.07 bits per heavy atom. The lowest BCUT2D eigenvalue weighted by Crippen LogP contribution is -2.17. The zero-order valence-corrected chi connectivity index (χ0v) is 16.2. The molecule has 0 saturated heterocycles. The van der Waals surface area contributed by atoms with Crippen molar-refractivity contribution in [3.63, 3.8) is 0 Å². The summed E-state index contributed by atoms with van der Waals surface area (Å²) in [5.41, 5.74) is 6.41. The van der Waals surface area contributed by atoms with Crippen molar-refractivity contribution in [2.24, 2.45) is 5.10 Å².